The molecule has 0 saturated carbocycles. The van der Waals surface area contributed by atoms with E-state index in [1.54, 1.807) is 6.07 Å². The van der Waals surface area contributed by atoms with E-state index in [9.17, 15) is 22.8 Å². The topological polar surface area (TPSA) is 116 Å². The number of nitrogens with two attached hydrogens (primary N) is 2. The second kappa shape index (κ2) is 8.11. The highest BCUT2D eigenvalue weighted by Crippen LogP contribution is 2.26. The largest absolute Gasteiger partial charge is 0.381 e. The Labute approximate surface area is 175 Å². The Morgan fingerprint density at radius 1 is 1.21 bits per heavy atom. The maximum Gasteiger partial charge on any atom is 0.289 e. The van der Waals surface area contributed by atoms with Crippen LogP contribution in [0.5, 0.6) is 0 Å². The monoisotopic (exact) mass is 515 g/mol. The van der Waals surface area contributed by atoms with Crippen molar-refractivity contribution < 1.29 is 18.0 Å². The average Bonchev–Trinajstić information content (AvgIpc) is 2.66. The lowest BCUT2D eigenvalue weighted by atomic mass is 10.1. The van der Waals surface area contributed by atoms with Gasteiger partial charge < -0.3 is 21.4 Å². The molecule has 2 heterocycles. The molecule has 150 valence electrons. The van der Waals surface area contributed by atoms with Crippen molar-refractivity contribution in [2.45, 2.75) is 6.54 Å². The number of nitrogen functional groups attached to an aromatic ring is 1. The van der Waals surface area contributed by atoms with Crippen molar-refractivity contribution in [2.24, 2.45) is 5.73 Å². The molecule has 1 amide bonds. The van der Waals surface area contributed by atoms with Gasteiger partial charge in [0.05, 0.1) is 23.5 Å². The SMILES string of the molecule is NC(=O)c1cn(Cc2ccnc(N)c2F)c(=O)c(F)c1Nc1ccc(I)cc1F. The summed E-state index contributed by atoms with van der Waals surface area (Å²) in [5.74, 6) is -4.42. The van der Waals surface area contributed by atoms with Gasteiger partial charge in [-0.25, -0.2) is 13.8 Å². The van der Waals surface area contributed by atoms with E-state index in [0.717, 1.165) is 10.8 Å². The molecule has 0 fully saturated rings. The first-order valence-electron chi connectivity index (χ1n) is 8.02. The summed E-state index contributed by atoms with van der Waals surface area (Å²) in [6.45, 7) is -0.424. The fourth-order valence-corrected chi connectivity index (χ4v) is 3.04. The summed E-state index contributed by atoms with van der Waals surface area (Å²) < 4.78 is 44.3. The van der Waals surface area contributed by atoms with E-state index >= 15 is 0 Å². The van der Waals surface area contributed by atoms with Crippen LogP contribution in [0.3, 0.4) is 0 Å². The second-order valence-corrected chi connectivity index (χ2v) is 7.19. The van der Waals surface area contributed by atoms with Crippen molar-refractivity contribution in [3.8, 4) is 0 Å². The van der Waals surface area contributed by atoms with Gasteiger partial charge in [0.2, 0.25) is 5.82 Å². The summed E-state index contributed by atoms with van der Waals surface area (Å²) in [5, 5.41) is 2.40. The number of rotatable bonds is 5. The summed E-state index contributed by atoms with van der Waals surface area (Å²) in [5.41, 5.74) is 8.34. The van der Waals surface area contributed by atoms with Crippen LogP contribution in [0.15, 0.2) is 41.5 Å². The van der Waals surface area contributed by atoms with Gasteiger partial charge in [0.1, 0.15) is 5.82 Å². The third-order valence-corrected chi connectivity index (χ3v) is 4.69. The Bertz CT molecular complexity index is 1180. The lowest BCUT2D eigenvalue weighted by molar-refractivity contribution is 0.1000. The van der Waals surface area contributed by atoms with Gasteiger partial charge in [-0.3, -0.25) is 9.59 Å². The predicted molar refractivity (Wildman–Crippen MR) is 109 cm³/mol. The third kappa shape index (κ3) is 4.18. The normalized spacial score (nSPS) is 10.8. The number of amides is 1. The van der Waals surface area contributed by atoms with Gasteiger partial charge in [0, 0.05) is 21.5 Å². The number of benzene rings is 1. The lowest BCUT2D eigenvalue weighted by Gasteiger charge is -2.15. The van der Waals surface area contributed by atoms with Crippen LogP contribution in [-0.2, 0) is 6.54 Å². The van der Waals surface area contributed by atoms with Crippen LogP contribution < -0.4 is 22.3 Å². The number of hydrogen-bond acceptors (Lipinski definition) is 5. The standard InChI is InChI=1S/C18H13F3IN5O2/c19-11-5-9(22)1-2-12(11)26-15-10(17(24)28)7-27(18(29)14(15)21)6-8-3-4-25-16(23)13(8)20/h1-5,7,26H,6H2,(H2,23,25)(H2,24,28). The first-order chi connectivity index (χ1) is 13.7. The fraction of sp³-hybridized carbons (Fsp3) is 0.0556. The molecule has 0 aliphatic heterocycles. The van der Waals surface area contributed by atoms with Crippen LogP contribution >= 0.6 is 22.6 Å². The smallest absolute Gasteiger partial charge is 0.289 e. The van der Waals surface area contributed by atoms with E-state index in [1.165, 1.54) is 24.4 Å². The molecule has 3 aromatic rings. The average molecular weight is 515 g/mol. The number of anilines is 3. The van der Waals surface area contributed by atoms with E-state index < -0.39 is 52.5 Å². The number of pyridine rings is 2. The quantitative estimate of drug-likeness (QED) is 0.452. The molecule has 11 heteroatoms. The summed E-state index contributed by atoms with van der Waals surface area (Å²) in [6, 6.07) is 5.31. The molecule has 0 aliphatic carbocycles. The molecule has 0 atom stereocenters. The Hall–Kier alpha value is -3.09. The molecule has 0 spiro atoms. The van der Waals surface area contributed by atoms with Crippen LogP contribution in [0.2, 0.25) is 0 Å². The number of aromatic nitrogens is 2. The minimum absolute atomic E-state index is 0.0428. The Morgan fingerprint density at radius 3 is 2.59 bits per heavy atom. The van der Waals surface area contributed by atoms with Crippen molar-refractivity contribution in [3.63, 3.8) is 0 Å². The molecule has 0 bridgehead atoms. The van der Waals surface area contributed by atoms with Gasteiger partial charge in [-0.05, 0) is 46.9 Å². The maximum atomic E-state index is 14.8. The number of nitrogens with one attached hydrogen (secondary N) is 1. The van der Waals surface area contributed by atoms with Gasteiger partial charge >= 0.3 is 0 Å². The zero-order chi connectivity index (χ0) is 21.3. The van der Waals surface area contributed by atoms with Crippen molar-refractivity contribution >= 4 is 45.7 Å². The molecule has 5 N–H and O–H groups in total. The van der Waals surface area contributed by atoms with Crippen LogP contribution in [-0.4, -0.2) is 15.5 Å². The number of carbonyl (C=O) groups is 1. The molecule has 0 radical (unpaired) electrons. The number of halogens is 4. The van der Waals surface area contributed by atoms with Gasteiger partial charge in [0.15, 0.2) is 11.6 Å². The van der Waals surface area contributed by atoms with Crippen molar-refractivity contribution in [1.29, 1.82) is 0 Å². The summed E-state index contributed by atoms with van der Waals surface area (Å²) in [7, 11) is 0. The molecule has 29 heavy (non-hydrogen) atoms. The fourth-order valence-electron chi connectivity index (χ4n) is 2.59. The molecule has 7 nitrogen and oxygen atoms in total. The van der Waals surface area contributed by atoms with Gasteiger partial charge in [-0.1, -0.05) is 0 Å². The minimum atomic E-state index is -1.37. The molecule has 0 saturated heterocycles. The Balaban J connectivity index is 2.10. The first kappa shape index (κ1) is 20.6. The van der Waals surface area contributed by atoms with E-state index in [4.69, 9.17) is 11.5 Å². The number of carbonyl (C=O) groups excluding carboxylic acids is 1. The van der Waals surface area contributed by atoms with Crippen LogP contribution in [0.1, 0.15) is 15.9 Å². The summed E-state index contributed by atoms with van der Waals surface area (Å²) in [6.07, 6.45) is 2.19. The minimum Gasteiger partial charge on any atom is -0.381 e. The predicted octanol–water partition coefficient (Wildman–Crippen LogP) is 2.74. The van der Waals surface area contributed by atoms with Gasteiger partial charge in [-0.2, -0.15) is 4.39 Å². The lowest BCUT2D eigenvalue weighted by Crippen LogP contribution is -2.28. The third-order valence-electron chi connectivity index (χ3n) is 4.02. The highest BCUT2D eigenvalue weighted by molar-refractivity contribution is 14.1. The van der Waals surface area contributed by atoms with Gasteiger partial charge in [0.25, 0.3) is 11.5 Å². The van der Waals surface area contributed by atoms with E-state index in [-0.39, 0.29) is 11.3 Å². The van der Waals surface area contributed by atoms with E-state index in [2.05, 4.69) is 10.3 Å². The molecular formula is C18H13F3IN5O2. The van der Waals surface area contributed by atoms with Crippen molar-refractivity contribution in [2.75, 3.05) is 11.1 Å². The number of primary amides is 1. The molecule has 1 aromatic carbocycles. The van der Waals surface area contributed by atoms with E-state index in [1.807, 2.05) is 22.6 Å². The molecule has 3 rings (SSSR count). The summed E-state index contributed by atoms with van der Waals surface area (Å²) in [4.78, 5) is 27.8. The highest BCUT2D eigenvalue weighted by atomic mass is 127. The number of nitrogens with zero attached hydrogens (tertiary/aromatic N) is 2. The molecular weight excluding hydrogens is 502 g/mol. The molecule has 2 aromatic heterocycles. The first-order valence-corrected chi connectivity index (χ1v) is 9.10. The van der Waals surface area contributed by atoms with Gasteiger partial charge in [-0.15, -0.1) is 0 Å². The zero-order valence-electron chi connectivity index (χ0n) is 14.5. The highest BCUT2D eigenvalue weighted by Gasteiger charge is 2.21. The Kier molecular flexibility index (Phi) is 5.77. The van der Waals surface area contributed by atoms with Crippen LogP contribution in [0.4, 0.5) is 30.4 Å². The second-order valence-electron chi connectivity index (χ2n) is 5.95. The van der Waals surface area contributed by atoms with Crippen molar-refractivity contribution in [1.82, 2.24) is 9.55 Å². The zero-order valence-corrected chi connectivity index (χ0v) is 16.7. The number of hydrogen-bond donors (Lipinski definition) is 3. The Morgan fingerprint density at radius 2 is 1.93 bits per heavy atom. The van der Waals surface area contributed by atoms with Crippen molar-refractivity contribution in [3.05, 3.63) is 79.2 Å². The van der Waals surface area contributed by atoms with Crippen LogP contribution in [0.25, 0.3) is 0 Å². The van der Waals surface area contributed by atoms with Crippen LogP contribution in [0, 0.1) is 21.0 Å². The molecule has 0 unspecified atom stereocenters. The van der Waals surface area contributed by atoms with E-state index in [0.29, 0.717) is 3.57 Å². The molecule has 0 aliphatic rings. The summed E-state index contributed by atoms with van der Waals surface area (Å²) >= 11 is 1.89. The maximum absolute atomic E-state index is 14.8.